The second kappa shape index (κ2) is 6.27. The zero-order valence-corrected chi connectivity index (χ0v) is 12.2. The molecule has 0 spiro atoms. The molecule has 21 heavy (non-hydrogen) atoms. The smallest absolute Gasteiger partial charge is 0.128 e. The van der Waals surface area contributed by atoms with Gasteiger partial charge < -0.3 is 10.6 Å². The molecule has 1 heterocycles. The molecular weight excluding hydrogens is 263 g/mol. The Morgan fingerprint density at radius 3 is 2.76 bits per heavy atom. The number of anilines is 1. The predicted octanol–water partition coefficient (Wildman–Crippen LogP) is 3.63. The average Bonchev–Trinajstić information content (AvgIpc) is 2.72. The molecule has 3 rings (SSSR count). The van der Waals surface area contributed by atoms with E-state index >= 15 is 0 Å². The van der Waals surface area contributed by atoms with Crippen LogP contribution in [0.1, 0.15) is 29.5 Å². The van der Waals surface area contributed by atoms with Crippen molar-refractivity contribution in [2.45, 2.75) is 32.4 Å². The van der Waals surface area contributed by atoms with Crippen LogP contribution < -0.4 is 10.6 Å². The highest BCUT2D eigenvalue weighted by Gasteiger charge is 2.16. The molecule has 3 heteroatoms. The van der Waals surface area contributed by atoms with Crippen LogP contribution in [0.25, 0.3) is 0 Å². The first-order chi connectivity index (χ1) is 10.3. The van der Waals surface area contributed by atoms with Crippen LogP contribution in [-0.4, -0.2) is 6.54 Å². The van der Waals surface area contributed by atoms with Crippen molar-refractivity contribution in [1.82, 2.24) is 0 Å². The predicted molar refractivity (Wildman–Crippen MR) is 84.7 cm³/mol. The molecule has 110 valence electrons. The molecule has 0 bridgehead atoms. The molecule has 0 aliphatic carbocycles. The lowest BCUT2D eigenvalue weighted by atomic mass is 10.1. The van der Waals surface area contributed by atoms with E-state index in [0.29, 0.717) is 13.1 Å². The quantitative estimate of drug-likeness (QED) is 0.932. The van der Waals surface area contributed by atoms with E-state index in [1.54, 1.807) is 6.07 Å². The first-order valence-electron chi connectivity index (χ1n) is 7.58. The second-order valence-electron chi connectivity index (χ2n) is 5.64. The monoisotopic (exact) mass is 284 g/mol. The topological polar surface area (TPSA) is 29.3 Å². The lowest BCUT2D eigenvalue weighted by molar-refractivity contribution is 0.600. The van der Waals surface area contributed by atoms with Gasteiger partial charge >= 0.3 is 0 Å². The van der Waals surface area contributed by atoms with Crippen LogP contribution in [-0.2, 0) is 19.5 Å². The van der Waals surface area contributed by atoms with E-state index in [0.717, 1.165) is 30.5 Å². The van der Waals surface area contributed by atoms with E-state index in [1.165, 1.54) is 17.7 Å². The van der Waals surface area contributed by atoms with Crippen LogP contribution >= 0.6 is 0 Å². The number of benzene rings is 2. The molecule has 0 amide bonds. The van der Waals surface area contributed by atoms with Gasteiger partial charge in [-0.2, -0.15) is 0 Å². The van der Waals surface area contributed by atoms with Crippen LogP contribution in [0.3, 0.4) is 0 Å². The Bertz CT molecular complexity index is 624. The maximum Gasteiger partial charge on any atom is 0.128 e. The number of aryl methyl sites for hydroxylation is 1. The molecule has 0 fully saturated rings. The molecule has 1 aliphatic rings. The third-order valence-electron chi connectivity index (χ3n) is 4.17. The molecule has 2 aromatic rings. The Labute approximate surface area is 125 Å². The summed E-state index contributed by atoms with van der Waals surface area (Å²) in [6.07, 6.45) is 3.46. The first kappa shape index (κ1) is 14.1. The maximum atomic E-state index is 14.2. The average molecular weight is 284 g/mol. The van der Waals surface area contributed by atoms with Crippen LogP contribution in [0, 0.1) is 5.82 Å². The number of para-hydroxylation sites is 1. The number of nitrogens with two attached hydrogens (primary N) is 1. The van der Waals surface area contributed by atoms with Gasteiger partial charge in [0.1, 0.15) is 5.82 Å². The van der Waals surface area contributed by atoms with E-state index in [4.69, 9.17) is 5.73 Å². The van der Waals surface area contributed by atoms with Crippen LogP contribution in [0.4, 0.5) is 10.1 Å². The van der Waals surface area contributed by atoms with Gasteiger partial charge in [-0.25, -0.2) is 4.39 Å². The minimum absolute atomic E-state index is 0.153. The molecule has 0 saturated carbocycles. The molecule has 0 saturated heterocycles. The lowest BCUT2D eigenvalue weighted by Crippen LogP contribution is -2.24. The molecule has 2 nitrogen and oxygen atoms in total. The van der Waals surface area contributed by atoms with E-state index in [-0.39, 0.29) is 5.82 Å². The number of halogens is 1. The lowest BCUT2D eigenvalue weighted by Gasteiger charge is -2.25. The van der Waals surface area contributed by atoms with Gasteiger partial charge in [0.25, 0.3) is 0 Å². The van der Waals surface area contributed by atoms with Crippen LogP contribution in [0.15, 0.2) is 42.5 Å². The zero-order chi connectivity index (χ0) is 14.7. The molecule has 0 unspecified atom stereocenters. The second-order valence-corrected chi connectivity index (χ2v) is 5.64. The standard InChI is InChI=1S/C18H21FN2/c19-17-11-14(12-20)8-9-16(17)13-21-10-4-3-6-15-5-1-2-7-18(15)21/h1-2,5,7-9,11H,3-4,6,10,12-13,20H2. The molecule has 1 aliphatic heterocycles. The Kier molecular flexibility index (Phi) is 4.20. The van der Waals surface area contributed by atoms with E-state index in [2.05, 4.69) is 29.2 Å². The van der Waals surface area contributed by atoms with Gasteiger partial charge in [-0.3, -0.25) is 0 Å². The molecule has 2 aromatic carbocycles. The Morgan fingerprint density at radius 1 is 1.10 bits per heavy atom. The Balaban J connectivity index is 1.87. The van der Waals surface area contributed by atoms with Gasteiger partial charge in [-0.05, 0) is 42.5 Å². The van der Waals surface area contributed by atoms with Crippen molar-refractivity contribution >= 4 is 5.69 Å². The molecule has 0 atom stereocenters. The fraction of sp³-hybridized carbons (Fsp3) is 0.333. The number of rotatable bonds is 3. The van der Waals surface area contributed by atoms with Gasteiger partial charge in [-0.1, -0.05) is 30.3 Å². The number of hydrogen-bond donors (Lipinski definition) is 1. The molecular formula is C18H21FN2. The largest absolute Gasteiger partial charge is 0.367 e. The maximum absolute atomic E-state index is 14.2. The summed E-state index contributed by atoms with van der Waals surface area (Å²) < 4.78 is 14.2. The highest BCUT2D eigenvalue weighted by Crippen LogP contribution is 2.28. The molecule has 2 N–H and O–H groups in total. The van der Waals surface area contributed by atoms with Crippen molar-refractivity contribution in [2.75, 3.05) is 11.4 Å². The molecule has 0 aromatic heterocycles. The van der Waals surface area contributed by atoms with Crippen molar-refractivity contribution in [3.8, 4) is 0 Å². The first-order valence-corrected chi connectivity index (χ1v) is 7.58. The minimum atomic E-state index is -0.153. The highest BCUT2D eigenvalue weighted by atomic mass is 19.1. The third-order valence-corrected chi connectivity index (χ3v) is 4.17. The van der Waals surface area contributed by atoms with Crippen molar-refractivity contribution < 1.29 is 4.39 Å². The van der Waals surface area contributed by atoms with Gasteiger partial charge in [0, 0.05) is 30.9 Å². The fourth-order valence-electron chi connectivity index (χ4n) is 2.99. The SMILES string of the molecule is NCc1ccc(CN2CCCCc3ccccc32)c(F)c1. The summed E-state index contributed by atoms with van der Waals surface area (Å²) in [7, 11) is 0. The van der Waals surface area contributed by atoms with Crippen molar-refractivity contribution in [3.05, 3.63) is 65.0 Å². The third kappa shape index (κ3) is 3.08. The normalized spacial score (nSPS) is 14.7. The number of fused-ring (bicyclic) bond motifs is 1. The summed E-state index contributed by atoms with van der Waals surface area (Å²) >= 11 is 0. The summed E-state index contributed by atoms with van der Waals surface area (Å²) in [5.74, 6) is -0.153. The summed E-state index contributed by atoms with van der Waals surface area (Å²) in [6.45, 7) is 1.98. The van der Waals surface area contributed by atoms with Crippen molar-refractivity contribution in [1.29, 1.82) is 0 Å². The summed E-state index contributed by atoms with van der Waals surface area (Å²) in [6, 6.07) is 13.8. The van der Waals surface area contributed by atoms with Gasteiger partial charge in [-0.15, -0.1) is 0 Å². The van der Waals surface area contributed by atoms with Gasteiger partial charge in [0.2, 0.25) is 0 Å². The highest BCUT2D eigenvalue weighted by molar-refractivity contribution is 5.54. The Hall–Kier alpha value is -1.87. The van der Waals surface area contributed by atoms with Crippen LogP contribution in [0.5, 0.6) is 0 Å². The van der Waals surface area contributed by atoms with Gasteiger partial charge in [0.05, 0.1) is 0 Å². The van der Waals surface area contributed by atoms with Crippen LogP contribution in [0.2, 0.25) is 0 Å². The van der Waals surface area contributed by atoms with E-state index in [9.17, 15) is 4.39 Å². The molecule has 0 radical (unpaired) electrons. The zero-order valence-electron chi connectivity index (χ0n) is 12.2. The van der Waals surface area contributed by atoms with Crippen molar-refractivity contribution in [2.24, 2.45) is 5.73 Å². The summed E-state index contributed by atoms with van der Waals surface area (Å²) in [4.78, 5) is 2.29. The number of nitrogens with zero attached hydrogens (tertiary/aromatic N) is 1. The van der Waals surface area contributed by atoms with Crippen molar-refractivity contribution in [3.63, 3.8) is 0 Å². The minimum Gasteiger partial charge on any atom is -0.367 e. The Morgan fingerprint density at radius 2 is 1.95 bits per heavy atom. The van der Waals surface area contributed by atoms with E-state index < -0.39 is 0 Å². The fourth-order valence-corrected chi connectivity index (χ4v) is 2.99. The van der Waals surface area contributed by atoms with Gasteiger partial charge in [0.15, 0.2) is 0 Å². The summed E-state index contributed by atoms with van der Waals surface area (Å²) in [5, 5.41) is 0. The summed E-state index contributed by atoms with van der Waals surface area (Å²) in [5.41, 5.74) is 9.76. The number of hydrogen-bond acceptors (Lipinski definition) is 2. The van der Waals surface area contributed by atoms with E-state index in [1.807, 2.05) is 12.1 Å².